The van der Waals surface area contributed by atoms with E-state index in [1.807, 2.05) is 0 Å². The molecule has 12 atom stereocenters. The summed E-state index contributed by atoms with van der Waals surface area (Å²) in [7, 11) is -3.75. The van der Waals surface area contributed by atoms with Crippen molar-refractivity contribution >= 4 is 63.7 Å². The molecule has 13 N–H and O–H groups in total. The number of aliphatic hydroxyl groups is 2. The predicted molar refractivity (Wildman–Crippen MR) is 257 cm³/mol. The van der Waals surface area contributed by atoms with E-state index in [1.54, 1.807) is 34.6 Å². The first-order valence-corrected chi connectivity index (χ1v) is 25.1. The average molecular weight is 1040 g/mol. The Bertz CT molecular complexity index is 2230. The van der Waals surface area contributed by atoms with Gasteiger partial charge in [0.1, 0.15) is 67.0 Å². The quantitative estimate of drug-likeness (QED) is 0.0236. The Morgan fingerprint density at radius 2 is 1.57 bits per heavy atom. The monoisotopic (exact) mass is 1040 g/mol. The lowest BCUT2D eigenvalue weighted by Crippen LogP contribution is -2.66. The zero-order valence-electron chi connectivity index (χ0n) is 41.8. The van der Waals surface area contributed by atoms with E-state index in [4.69, 9.17) is 20.8 Å². The number of carbonyl (C=O) groups is 8. The summed E-state index contributed by atoms with van der Waals surface area (Å²) in [5.41, 5.74) is 11.5. The van der Waals surface area contributed by atoms with Gasteiger partial charge in [0.05, 0.1) is 0 Å². The summed E-state index contributed by atoms with van der Waals surface area (Å²) >= 11 is 0. The third kappa shape index (κ3) is 17.0. The highest BCUT2D eigenvalue weighted by atomic mass is 32.3. The van der Waals surface area contributed by atoms with Gasteiger partial charge in [-0.25, -0.2) is 8.98 Å². The number of esters is 1. The van der Waals surface area contributed by atoms with E-state index >= 15 is 0 Å². The van der Waals surface area contributed by atoms with E-state index in [1.165, 1.54) is 45.2 Å². The van der Waals surface area contributed by atoms with Gasteiger partial charge in [-0.3, -0.25) is 43.1 Å². The van der Waals surface area contributed by atoms with Gasteiger partial charge in [-0.2, -0.15) is 8.42 Å². The molecule has 0 aromatic heterocycles. The average Bonchev–Trinajstić information content (AvgIpc) is 3.31. The fourth-order valence-corrected chi connectivity index (χ4v) is 8.34. The lowest BCUT2D eigenvalue weighted by molar-refractivity contribution is -0.168. The second-order valence-electron chi connectivity index (χ2n) is 18.5. The highest BCUT2D eigenvalue weighted by molar-refractivity contribution is 7.80. The SMILES string of the molecule is CCC(C)C(NC(=O)C(O)COS(=O)(=O)O)C(=O)NC1C(=O)NC(CCCN=C(N)N)C(=O)NC2CCC(O)N(C2=O)C(C(C)CC)C(=O)N(C)C(Cc2ccc(O)cc2)C(=O)NC(C(C)C)C(=O)OC1C. The Morgan fingerprint density at radius 3 is 2.14 bits per heavy atom. The van der Waals surface area contributed by atoms with Crippen LogP contribution in [0.5, 0.6) is 5.75 Å². The number of phenolic OH excluding ortho intramolecular Hbond substituents is 1. The number of guanidine groups is 1. The van der Waals surface area contributed by atoms with Crippen molar-refractivity contribution in [2.24, 2.45) is 34.2 Å². The molecule has 1 aromatic carbocycles. The van der Waals surface area contributed by atoms with Crippen LogP contribution >= 0.6 is 0 Å². The molecule has 12 unspecified atom stereocenters. The Labute approximate surface area is 418 Å². The first kappa shape index (κ1) is 60.1. The number of aromatic hydroxyl groups is 1. The lowest BCUT2D eigenvalue weighted by Gasteiger charge is -2.44. The maximum Gasteiger partial charge on any atom is 0.397 e. The maximum atomic E-state index is 14.9. The van der Waals surface area contributed by atoms with Crippen LogP contribution in [0.25, 0.3) is 0 Å². The van der Waals surface area contributed by atoms with Gasteiger partial charge < -0.3 is 67.9 Å². The van der Waals surface area contributed by atoms with Crippen molar-refractivity contribution in [3.63, 3.8) is 0 Å². The summed E-state index contributed by atoms with van der Waals surface area (Å²) in [5.74, 6) is -10.5. The topological polar surface area (TPSA) is 401 Å². The van der Waals surface area contributed by atoms with E-state index in [0.717, 1.165) is 9.80 Å². The van der Waals surface area contributed by atoms with Crippen molar-refractivity contribution in [1.29, 1.82) is 0 Å². The molecular formula is C45H72N10O16S. The second kappa shape index (κ2) is 27.0. The number of hydrogen-bond acceptors (Lipinski definition) is 16. The number of carbonyl (C=O) groups excluding carboxylic acids is 8. The van der Waals surface area contributed by atoms with Crippen LogP contribution in [0.2, 0.25) is 0 Å². The first-order valence-electron chi connectivity index (χ1n) is 23.7. The van der Waals surface area contributed by atoms with Crippen LogP contribution in [-0.4, -0.2) is 172 Å². The number of rotatable bonds is 18. The van der Waals surface area contributed by atoms with Crippen LogP contribution in [0.3, 0.4) is 0 Å². The standard InChI is InChI=1S/C45H72N10O16S/c1-9-23(5)34(52-39(61)31(57)21-70-72(67,68)69)40(62)53-35-25(7)71-44(66)33(22(3)4)51-38(60)30(20-26-13-15-27(56)16-14-26)54(8)43(65)36(24(6)10-2)55-32(58)18-17-29(42(55)64)50-37(59)28(49-41(35)63)12-11-19-48-45(46)47/h13-16,22-25,28-36,56-58H,9-12,17-21H2,1-8H3,(H,49,63)(H,50,59)(H,51,60)(H,52,61)(H,53,62)(H4,46,47,48)(H,67,68,69). The van der Waals surface area contributed by atoms with Crippen molar-refractivity contribution < 1.29 is 75.6 Å². The molecule has 26 nitrogen and oxygen atoms in total. The zero-order chi connectivity index (χ0) is 54.4. The molecule has 2 saturated heterocycles. The highest BCUT2D eigenvalue weighted by Crippen LogP contribution is 2.28. The molecule has 404 valence electrons. The highest BCUT2D eigenvalue weighted by Gasteiger charge is 2.47. The minimum absolute atomic E-state index is 0.0296. The van der Waals surface area contributed by atoms with E-state index in [9.17, 15) is 62.1 Å². The van der Waals surface area contributed by atoms with Gasteiger partial charge in [0.15, 0.2) is 12.1 Å². The summed E-state index contributed by atoms with van der Waals surface area (Å²) in [6.07, 6.45) is -5.39. The molecule has 3 rings (SSSR count). The van der Waals surface area contributed by atoms with Gasteiger partial charge >= 0.3 is 16.4 Å². The van der Waals surface area contributed by atoms with Crippen molar-refractivity contribution in [1.82, 2.24) is 36.4 Å². The van der Waals surface area contributed by atoms with Crippen molar-refractivity contribution in [3.8, 4) is 5.75 Å². The molecule has 0 saturated carbocycles. The number of benzene rings is 1. The number of nitrogens with zero attached hydrogens (tertiary/aromatic N) is 3. The number of nitrogens with one attached hydrogen (secondary N) is 5. The van der Waals surface area contributed by atoms with Crippen LogP contribution in [-0.2, 0) is 64.1 Å². The molecule has 0 aliphatic carbocycles. The van der Waals surface area contributed by atoms with Crippen LogP contribution < -0.4 is 38.1 Å². The molecule has 1 aromatic rings. The molecule has 27 heteroatoms. The van der Waals surface area contributed by atoms with Gasteiger partial charge in [0.25, 0.3) is 5.91 Å². The molecule has 2 aliphatic rings. The third-order valence-corrected chi connectivity index (χ3v) is 13.2. The van der Waals surface area contributed by atoms with Gasteiger partial charge in [-0.1, -0.05) is 66.5 Å². The van der Waals surface area contributed by atoms with Crippen LogP contribution in [0, 0.1) is 17.8 Å². The minimum Gasteiger partial charge on any atom is -0.508 e. The van der Waals surface area contributed by atoms with Crippen molar-refractivity contribution in [3.05, 3.63) is 29.8 Å². The fraction of sp³-hybridized carbons (Fsp3) is 0.667. The summed E-state index contributed by atoms with van der Waals surface area (Å²) in [6, 6.07) is -4.84. The number of hydrogen-bond donors (Lipinski definition) is 11. The van der Waals surface area contributed by atoms with Crippen LogP contribution in [0.4, 0.5) is 0 Å². The molecule has 72 heavy (non-hydrogen) atoms. The molecule has 2 heterocycles. The number of fused-ring (bicyclic) bond motifs is 2. The largest absolute Gasteiger partial charge is 0.508 e. The van der Waals surface area contributed by atoms with Crippen LogP contribution in [0.1, 0.15) is 92.6 Å². The van der Waals surface area contributed by atoms with Gasteiger partial charge in [-0.15, -0.1) is 0 Å². The van der Waals surface area contributed by atoms with Gasteiger partial charge in [-0.05, 0) is 68.1 Å². The predicted octanol–water partition coefficient (Wildman–Crippen LogP) is -2.58. The Balaban J connectivity index is 2.25. The third-order valence-electron chi connectivity index (χ3n) is 12.7. The summed E-state index contributed by atoms with van der Waals surface area (Å²) < 4.78 is 41.0. The number of aliphatic hydroxyl groups excluding tert-OH is 2. The number of piperidine rings is 1. The number of ether oxygens (including phenoxy) is 1. The number of aliphatic imine (C=N–C) groups is 1. The first-order chi connectivity index (χ1) is 33.6. The zero-order valence-corrected chi connectivity index (χ0v) is 42.6. The molecule has 2 bridgehead atoms. The van der Waals surface area contributed by atoms with E-state index in [0.29, 0.717) is 12.0 Å². The molecule has 2 aliphatic heterocycles. The fourth-order valence-electron chi connectivity index (χ4n) is 8.04. The molecular weight excluding hydrogens is 969 g/mol. The summed E-state index contributed by atoms with van der Waals surface area (Å²) in [4.78, 5) is 120. The van der Waals surface area contributed by atoms with Crippen molar-refractivity contribution in [2.75, 3.05) is 20.2 Å². The normalized spacial score (nSPS) is 25.8. The Morgan fingerprint density at radius 1 is 0.931 bits per heavy atom. The summed E-state index contributed by atoms with van der Waals surface area (Å²) in [6.45, 7) is 9.70. The number of phenols is 1. The summed E-state index contributed by atoms with van der Waals surface area (Å²) in [5, 5.41) is 44.3. The molecule has 0 radical (unpaired) electrons. The smallest absolute Gasteiger partial charge is 0.397 e. The maximum absolute atomic E-state index is 14.9. The van der Waals surface area contributed by atoms with Crippen molar-refractivity contribution in [2.45, 2.75) is 154 Å². The second-order valence-corrected chi connectivity index (χ2v) is 19.6. The van der Waals surface area contributed by atoms with Crippen LogP contribution in [0.15, 0.2) is 29.3 Å². The number of amides is 7. The lowest BCUT2D eigenvalue weighted by atomic mass is 9.91. The Hall–Kier alpha value is -6.16. The molecule has 2 fully saturated rings. The van der Waals surface area contributed by atoms with E-state index in [-0.39, 0.29) is 56.8 Å². The number of likely N-dealkylation sites (N-methyl/N-ethyl adjacent to an activating group) is 1. The van der Waals surface area contributed by atoms with E-state index in [2.05, 4.69) is 35.8 Å². The Kier molecular flexibility index (Phi) is 22.6. The number of cyclic esters (lactones) is 1. The molecule has 7 amide bonds. The van der Waals surface area contributed by atoms with Gasteiger partial charge in [0, 0.05) is 20.0 Å². The number of nitrogens with two attached hydrogens (primary N) is 2. The minimum atomic E-state index is -5.08. The molecule has 0 spiro atoms. The van der Waals surface area contributed by atoms with E-state index < -0.39 is 143 Å². The van der Waals surface area contributed by atoms with Gasteiger partial charge in [0.2, 0.25) is 35.4 Å².